The molecule has 18 heavy (non-hydrogen) atoms. The van der Waals surface area contributed by atoms with Crippen LogP contribution < -0.4 is 0 Å². The van der Waals surface area contributed by atoms with Crippen molar-refractivity contribution >= 4 is 38.0 Å². The van der Waals surface area contributed by atoms with Crippen molar-refractivity contribution in [2.45, 2.75) is 19.0 Å². The Morgan fingerprint density at radius 1 is 1.22 bits per heavy atom. The number of nitrogens with zero attached hydrogens (tertiary/aromatic N) is 1. The molecular weight excluding hydrogens is 362 g/mol. The second-order valence-corrected chi connectivity index (χ2v) is 5.94. The van der Waals surface area contributed by atoms with Crippen LogP contribution in [-0.2, 0) is 4.74 Å². The summed E-state index contributed by atoms with van der Waals surface area (Å²) in [6.45, 7) is 2.21. The third kappa shape index (κ3) is 1.50. The number of hydrogen-bond donors (Lipinski definition) is 0. The molecule has 2 atom stereocenters. The summed E-state index contributed by atoms with van der Waals surface area (Å²) in [4.78, 5) is 13.9. The highest BCUT2D eigenvalue weighted by molar-refractivity contribution is 9.14. The first kappa shape index (κ1) is 12.2. The molecule has 0 saturated heterocycles. The van der Waals surface area contributed by atoms with E-state index in [1.54, 1.807) is 4.90 Å². The van der Waals surface area contributed by atoms with Gasteiger partial charge in [-0.1, -0.05) is 56.1 Å². The Kier molecular flexibility index (Phi) is 2.98. The lowest BCUT2D eigenvalue weighted by Gasteiger charge is -2.22. The molecule has 0 aliphatic carbocycles. The van der Waals surface area contributed by atoms with E-state index in [0.29, 0.717) is 6.61 Å². The fraction of sp³-hybridized carbons (Fsp3) is 0.308. The minimum absolute atomic E-state index is 0.0559. The maximum absolute atomic E-state index is 12.1. The first-order chi connectivity index (χ1) is 8.66. The SMILES string of the molecule is CCOC(=O)N1C2C(Br)=C(Br)C1c1ccccc12. The van der Waals surface area contributed by atoms with Gasteiger partial charge in [-0.2, -0.15) is 0 Å². The van der Waals surface area contributed by atoms with Crippen molar-refractivity contribution in [2.75, 3.05) is 6.61 Å². The minimum atomic E-state index is -0.268. The molecule has 0 aromatic heterocycles. The van der Waals surface area contributed by atoms with E-state index < -0.39 is 0 Å². The molecular formula is C13H11Br2NO2. The van der Waals surface area contributed by atoms with Crippen LogP contribution in [0.1, 0.15) is 30.1 Å². The molecule has 2 bridgehead atoms. The molecule has 2 aliphatic heterocycles. The molecule has 3 nitrogen and oxygen atoms in total. The highest BCUT2D eigenvalue weighted by Gasteiger charge is 2.51. The number of rotatable bonds is 1. The van der Waals surface area contributed by atoms with Crippen molar-refractivity contribution in [2.24, 2.45) is 0 Å². The van der Waals surface area contributed by atoms with Gasteiger partial charge in [0.05, 0.1) is 18.7 Å². The predicted molar refractivity (Wildman–Crippen MR) is 75.7 cm³/mol. The second-order valence-electron chi connectivity index (χ2n) is 4.24. The number of hydrogen-bond acceptors (Lipinski definition) is 2. The van der Waals surface area contributed by atoms with Crippen molar-refractivity contribution in [3.8, 4) is 0 Å². The van der Waals surface area contributed by atoms with E-state index in [0.717, 1.165) is 8.96 Å². The molecule has 0 spiro atoms. The molecule has 1 aromatic carbocycles. The highest BCUT2D eigenvalue weighted by Crippen LogP contribution is 2.59. The number of benzene rings is 1. The summed E-state index contributed by atoms with van der Waals surface area (Å²) in [6.07, 6.45) is -0.268. The van der Waals surface area contributed by atoms with E-state index in [9.17, 15) is 4.79 Å². The largest absolute Gasteiger partial charge is 0.450 e. The summed E-state index contributed by atoms with van der Waals surface area (Å²) in [5, 5.41) is 0. The molecule has 2 heterocycles. The van der Waals surface area contributed by atoms with Gasteiger partial charge < -0.3 is 4.74 Å². The van der Waals surface area contributed by atoms with Crippen LogP contribution in [0.15, 0.2) is 33.2 Å². The van der Waals surface area contributed by atoms with Gasteiger partial charge in [-0.05, 0) is 18.1 Å². The van der Waals surface area contributed by atoms with Crippen LogP contribution in [0, 0.1) is 0 Å². The van der Waals surface area contributed by atoms with Crippen LogP contribution in [0.3, 0.4) is 0 Å². The van der Waals surface area contributed by atoms with Crippen LogP contribution in [0.2, 0.25) is 0 Å². The normalized spacial score (nSPS) is 24.5. The van der Waals surface area contributed by atoms with Gasteiger partial charge in [0.1, 0.15) is 0 Å². The van der Waals surface area contributed by atoms with Crippen molar-refractivity contribution in [3.05, 3.63) is 44.4 Å². The van der Waals surface area contributed by atoms with E-state index in [2.05, 4.69) is 44.0 Å². The zero-order valence-electron chi connectivity index (χ0n) is 9.69. The smallest absolute Gasteiger partial charge is 0.411 e. The average molecular weight is 373 g/mol. The van der Waals surface area contributed by atoms with E-state index in [-0.39, 0.29) is 18.2 Å². The number of ether oxygens (including phenoxy) is 1. The van der Waals surface area contributed by atoms with Gasteiger partial charge in [-0.25, -0.2) is 4.79 Å². The third-order valence-electron chi connectivity index (χ3n) is 3.33. The number of carbonyl (C=O) groups excluding carboxylic acids is 1. The fourth-order valence-corrected chi connectivity index (χ4v) is 4.01. The first-order valence-electron chi connectivity index (χ1n) is 5.75. The Balaban J connectivity index is 2.07. The number of carbonyl (C=O) groups is 1. The number of amides is 1. The molecule has 5 heteroatoms. The molecule has 2 aliphatic rings. The average Bonchev–Trinajstić information content (AvgIpc) is 2.83. The molecule has 0 saturated carbocycles. The van der Waals surface area contributed by atoms with Gasteiger partial charge in [0.15, 0.2) is 0 Å². The lowest BCUT2D eigenvalue weighted by atomic mass is 9.97. The maximum Gasteiger partial charge on any atom is 0.411 e. The number of fused-ring (bicyclic) bond motifs is 5. The predicted octanol–water partition coefficient (Wildman–Crippen LogP) is 4.26. The minimum Gasteiger partial charge on any atom is -0.450 e. The maximum atomic E-state index is 12.1. The molecule has 2 unspecified atom stereocenters. The zero-order chi connectivity index (χ0) is 12.9. The molecule has 1 aromatic rings. The summed E-state index contributed by atoms with van der Waals surface area (Å²) in [6, 6.07) is 8.01. The van der Waals surface area contributed by atoms with Crippen LogP contribution in [-0.4, -0.2) is 17.6 Å². The van der Waals surface area contributed by atoms with Gasteiger partial charge >= 0.3 is 6.09 Å². The number of halogens is 2. The van der Waals surface area contributed by atoms with E-state index >= 15 is 0 Å². The fourth-order valence-electron chi connectivity index (χ4n) is 2.65. The molecule has 1 amide bonds. The molecule has 0 fully saturated rings. The van der Waals surface area contributed by atoms with Gasteiger partial charge in [0.2, 0.25) is 0 Å². The summed E-state index contributed by atoms with van der Waals surface area (Å²) >= 11 is 7.15. The van der Waals surface area contributed by atoms with Crippen LogP contribution in [0.4, 0.5) is 4.79 Å². The summed E-state index contributed by atoms with van der Waals surface area (Å²) in [5.41, 5.74) is 2.34. The summed E-state index contributed by atoms with van der Waals surface area (Å²) in [5.74, 6) is 0. The van der Waals surface area contributed by atoms with E-state index in [4.69, 9.17) is 4.74 Å². The summed E-state index contributed by atoms with van der Waals surface area (Å²) in [7, 11) is 0. The van der Waals surface area contributed by atoms with Crippen LogP contribution >= 0.6 is 31.9 Å². The first-order valence-corrected chi connectivity index (χ1v) is 7.34. The quantitative estimate of drug-likeness (QED) is 0.737. The van der Waals surface area contributed by atoms with Gasteiger partial charge in [-0.15, -0.1) is 0 Å². The van der Waals surface area contributed by atoms with E-state index in [1.807, 2.05) is 19.1 Å². The van der Waals surface area contributed by atoms with Gasteiger partial charge in [-0.3, -0.25) is 4.90 Å². The van der Waals surface area contributed by atoms with Crippen LogP contribution in [0.5, 0.6) is 0 Å². The molecule has 94 valence electrons. The van der Waals surface area contributed by atoms with Crippen molar-refractivity contribution < 1.29 is 9.53 Å². The van der Waals surface area contributed by atoms with Crippen molar-refractivity contribution in [3.63, 3.8) is 0 Å². The van der Waals surface area contributed by atoms with Crippen LogP contribution in [0.25, 0.3) is 0 Å². The molecule has 0 N–H and O–H groups in total. The Hall–Kier alpha value is -0.810. The van der Waals surface area contributed by atoms with Crippen molar-refractivity contribution in [1.82, 2.24) is 4.90 Å². The highest BCUT2D eigenvalue weighted by atomic mass is 79.9. The third-order valence-corrected chi connectivity index (χ3v) is 5.58. The lowest BCUT2D eigenvalue weighted by molar-refractivity contribution is 0.0976. The molecule has 3 rings (SSSR count). The Labute approximate surface area is 122 Å². The Morgan fingerprint density at radius 3 is 2.17 bits per heavy atom. The lowest BCUT2D eigenvalue weighted by Crippen LogP contribution is -2.29. The van der Waals surface area contributed by atoms with Crippen molar-refractivity contribution in [1.29, 1.82) is 0 Å². The standard InChI is InChI=1S/C13H11Br2NO2/c1-2-18-13(17)16-11-7-5-3-4-6-8(7)12(16)10(15)9(11)14/h3-6,11-12H,2H2,1H3. The van der Waals surface area contributed by atoms with E-state index in [1.165, 1.54) is 11.1 Å². The Bertz CT molecular complexity index is 517. The topological polar surface area (TPSA) is 29.5 Å². The van der Waals surface area contributed by atoms with Gasteiger partial charge in [0.25, 0.3) is 0 Å². The second kappa shape index (κ2) is 4.38. The summed E-state index contributed by atoms with van der Waals surface area (Å²) < 4.78 is 7.18. The Morgan fingerprint density at radius 2 is 1.72 bits per heavy atom. The zero-order valence-corrected chi connectivity index (χ0v) is 12.9. The van der Waals surface area contributed by atoms with Gasteiger partial charge in [0, 0.05) is 8.96 Å². The monoisotopic (exact) mass is 371 g/mol. The molecule has 0 radical (unpaired) electrons.